The summed E-state index contributed by atoms with van der Waals surface area (Å²) in [5, 5.41) is 24.0. The predicted octanol–water partition coefficient (Wildman–Crippen LogP) is 4.36. The van der Waals surface area contributed by atoms with Gasteiger partial charge in [-0.05, 0) is 76.7 Å². The minimum atomic E-state index is -4.18. The molecule has 228 valence electrons. The van der Waals surface area contributed by atoms with Gasteiger partial charge in [-0.3, -0.25) is 9.78 Å². The zero-order chi connectivity index (χ0) is 32.0. The number of halogens is 4. The fraction of sp³-hybridized carbons (Fsp3) is 0.156. The number of nitrogens with one attached hydrogen (secondary N) is 1. The van der Waals surface area contributed by atoms with Gasteiger partial charge in [0, 0.05) is 41.6 Å². The van der Waals surface area contributed by atoms with E-state index in [-0.39, 0.29) is 5.91 Å². The van der Waals surface area contributed by atoms with Crippen LogP contribution in [0.1, 0.15) is 38.3 Å². The highest BCUT2D eigenvalue weighted by molar-refractivity contribution is 5.93. The summed E-state index contributed by atoms with van der Waals surface area (Å²) < 4.78 is 66.6. The lowest BCUT2D eigenvalue weighted by Crippen LogP contribution is -2.48. The van der Waals surface area contributed by atoms with E-state index in [4.69, 9.17) is 4.74 Å². The molecule has 2 N–H and O–H groups in total. The van der Waals surface area contributed by atoms with Crippen LogP contribution in [0, 0.1) is 23.5 Å². The number of hydrogen-bond acceptors (Lipinski definition) is 7. The first-order valence-corrected chi connectivity index (χ1v) is 13.4. The molecular formula is C32H24F4N6O3. The minimum Gasteiger partial charge on any atom is -0.489 e. The van der Waals surface area contributed by atoms with Gasteiger partial charge in [0.2, 0.25) is 0 Å². The standard InChI is InChI=1S/C32H24F4N6O3/c1-37-30(43)24-9-4-23(5-10-24)18-45-26-12-6-21(7-13-26)2-3-22-8-15-29(38-17-22)32(35,36)31(44,19-42-20-39-40-41-42)27-14-11-25(33)16-28(27)34/h4-17,20,44H,18-19H2,1H3,(H,37,43). The Morgan fingerprint density at radius 3 is 2.31 bits per heavy atom. The highest BCUT2D eigenvalue weighted by Crippen LogP contribution is 2.46. The van der Waals surface area contributed by atoms with Gasteiger partial charge in [-0.1, -0.05) is 24.0 Å². The lowest BCUT2D eigenvalue weighted by atomic mass is 9.84. The average Bonchev–Trinajstić information content (AvgIpc) is 3.56. The third kappa shape index (κ3) is 6.81. The van der Waals surface area contributed by atoms with Crippen molar-refractivity contribution >= 4 is 5.91 Å². The van der Waals surface area contributed by atoms with Gasteiger partial charge in [0.05, 0.1) is 6.54 Å². The molecule has 1 atom stereocenters. The van der Waals surface area contributed by atoms with Crippen LogP contribution in [-0.2, 0) is 24.7 Å². The number of benzene rings is 3. The molecule has 5 aromatic rings. The molecule has 5 rings (SSSR count). The lowest BCUT2D eigenvalue weighted by Gasteiger charge is -2.35. The molecule has 2 aromatic heterocycles. The Hall–Kier alpha value is -5.61. The Morgan fingerprint density at radius 2 is 1.69 bits per heavy atom. The van der Waals surface area contributed by atoms with Crippen LogP contribution in [0.3, 0.4) is 0 Å². The number of rotatable bonds is 9. The summed E-state index contributed by atoms with van der Waals surface area (Å²) >= 11 is 0. The Morgan fingerprint density at radius 1 is 0.978 bits per heavy atom. The number of alkyl halides is 2. The number of aliphatic hydroxyl groups is 1. The molecule has 0 radical (unpaired) electrons. The van der Waals surface area contributed by atoms with Crippen LogP contribution in [0.5, 0.6) is 5.75 Å². The molecular weight excluding hydrogens is 592 g/mol. The Labute approximate surface area is 254 Å². The molecule has 0 aliphatic rings. The van der Waals surface area contributed by atoms with Gasteiger partial charge in [-0.2, -0.15) is 8.78 Å². The molecule has 9 nitrogen and oxygen atoms in total. The van der Waals surface area contributed by atoms with E-state index >= 15 is 8.78 Å². The van der Waals surface area contributed by atoms with E-state index in [0.29, 0.717) is 35.1 Å². The van der Waals surface area contributed by atoms with E-state index in [2.05, 4.69) is 37.7 Å². The molecule has 2 heterocycles. The monoisotopic (exact) mass is 616 g/mol. The Bertz CT molecular complexity index is 1840. The van der Waals surface area contributed by atoms with Crippen molar-refractivity contribution in [3.8, 4) is 17.6 Å². The lowest BCUT2D eigenvalue weighted by molar-refractivity contribution is -0.207. The first-order valence-electron chi connectivity index (χ1n) is 13.4. The summed E-state index contributed by atoms with van der Waals surface area (Å²) in [5.74, 6) is -0.389. The summed E-state index contributed by atoms with van der Waals surface area (Å²) in [4.78, 5) is 15.5. The molecule has 0 bridgehead atoms. The Kier molecular flexibility index (Phi) is 8.87. The number of nitrogens with zero attached hydrogens (tertiary/aromatic N) is 5. The number of hydrogen-bond donors (Lipinski definition) is 2. The second kappa shape index (κ2) is 12.9. The molecule has 0 spiro atoms. The normalized spacial score (nSPS) is 12.5. The number of pyridine rings is 1. The van der Waals surface area contributed by atoms with E-state index in [1.807, 2.05) is 0 Å². The van der Waals surface area contributed by atoms with Gasteiger partial charge in [0.25, 0.3) is 5.91 Å². The summed E-state index contributed by atoms with van der Waals surface area (Å²) in [6.45, 7) is -0.664. The minimum absolute atomic E-state index is 0.174. The van der Waals surface area contributed by atoms with Gasteiger partial charge < -0.3 is 15.2 Å². The second-order valence-corrected chi connectivity index (χ2v) is 9.84. The number of aromatic nitrogens is 5. The number of carbonyl (C=O) groups is 1. The SMILES string of the molecule is CNC(=O)c1ccc(COc2ccc(C#Cc3ccc(C(F)(F)C(O)(Cn4cnnn4)c4ccc(F)cc4F)nc3)cc2)cc1. The van der Waals surface area contributed by atoms with Gasteiger partial charge in [0.15, 0.2) is 5.60 Å². The van der Waals surface area contributed by atoms with Crippen LogP contribution in [0.15, 0.2) is 91.4 Å². The molecule has 0 aliphatic carbocycles. The van der Waals surface area contributed by atoms with E-state index < -0.39 is 41.0 Å². The van der Waals surface area contributed by atoms with Crippen molar-refractivity contribution in [2.45, 2.75) is 24.7 Å². The zero-order valence-electron chi connectivity index (χ0n) is 23.6. The maximum atomic E-state index is 15.9. The summed E-state index contributed by atoms with van der Waals surface area (Å²) in [6, 6.07) is 18.1. The van der Waals surface area contributed by atoms with Gasteiger partial charge >= 0.3 is 5.92 Å². The van der Waals surface area contributed by atoms with E-state index in [9.17, 15) is 18.7 Å². The largest absolute Gasteiger partial charge is 0.489 e. The molecule has 1 amide bonds. The van der Waals surface area contributed by atoms with Crippen LogP contribution >= 0.6 is 0 Å². The molecule has 0 fully saturated rings. The van der Waals surface area contributed by atoms with Crippen LogP contribution in [0.25, 0.3) is 0 Å². The predicted molar refractivity (Wildman–Crippen MR) is 153 cm³/mol. The number of amides is 1. The fourth-order valence-electron chi connectivity index (χ4n) is 4.37. The van der Waals surface area contributed by atoms with Gasteiger partial charge in [-0.25, -0.2) is 13.5 Å². The van der Waals surface area contributed by atoms with Crippen molar-refractivity contribution in [1.82, 2.24) is 30.5 Å². The first-order chi connectivity index (χ1) is 21.6. The van der Waals surface area contributed by atoms with Crippen molar-refractivity contribution in [2.75, 3.05) is 7.05 Å². The number of ether oxygens (including phenoxy) is 1. The topological polar surface area (TPSA) is 115 Å². The fourth-order valence-corrected chi connectivity index (χ4v) is 4.37. The summed E-state index contributed by atoms with van der Waals surface area (Å²) in [6.07, 6.45) is 2.07. The first kappa shape index (κ1) is 30.8. The van der Waals surface area contributed by atoms with Crippen molar-refractivity contribution in [3.63, 3.8) is 0 Å². The zero-order valence-corrected chi connectivity index (χ0v) is 23.6. The van der Waals surface area contributed by atoms with Crippen molar-refractivity contribution in [1.29, 1.82) is 0 Å². The van der Waals surface area contributed by atoms with Gasteiger partial charge in [0.1, 0.15) is 36.0 Å². The number of tetrazole rings is 1. The second-order valence-electron chi connectivity index (χ2n) is 9.84. The average molecular weight is 617 g/mol. The maximum absolute atomic E-state index is 15.9. The van der Waals surface area contributed by atoms with E-state index in [1.54, 1.807) is 55.6 Å². The number of carbonyl (C=O) groups excluding carboxylic acids is 1. The molecule has 0 saturated carbocycles. The highest BCUT2D eigenvalue weighted by Gasteiger charge is 2.58. The molecule has 0 saturated heterocycles. The smallest absolute Gasteiger partial charge is 0.323 e. The molecule has 45 heavy (non-hydrogen) atoms. The third-order valence-electron chi connectivity index (χ3n) is 6.82. The summed E-state index contributed by atoms with van der Waals surface area (Å²) in [7, 11) is 1.56. The molecule has 1 unspecified atom stereocenters. The van der Waals surface area contributed by atoms with Crippen LogP contribution in [0.2, 0.25) is 0 Å². The maximum Gasteiger partial charge on any atom is 0.323 e. The third-order valence-corrected chi connectivity index (χ3v) is 6.82. The van der Waals surface area contributed by atoms with Crippen LogP contribution < -0.4 is 10.1 Å². The summed E-state index contributed by atoms with van der Waals surface area (Å²) in [5.41, 5.74) is -2.63. The van der Waals surface area contributed by atoms with Crippen molar-refractivity contribution < 1.29 is 32.2 Å². The Balaban J connectivity index is 1.29. The van der Waals surface area contributed by atoms with E-state index in [1.165, 1.54) is 6.07 Å². The van der Waals surface area contributed by atoms with Crippen LogP contribution in [0.4, 0.5) is 17.6 Å². The van der Waals surface area contributed by atoms with Gasteiger partial charge in [-0.15, -0.1) is 5.10 Å². The van der Waals surface area contributed by atoms with E-state index in [0.717, 1.165) is 41.0 Å². The van der Waals surface area contributed by atoms with Crippen molar-refractivity contribution in [2.24, 2.45) is 0 Å². The molecule has 3 aromatic carbocycles. The quantitative estimate of drug-likeness (QED) is 0.187. The molecule has 13 heteroatoms. The molecule has 0 aliphatic heterocycles. The van der Waals surface area contributed by atoms with Crippen LogP contribution in [-0.4, -0.2) is 43.3 Å². The highest BCUT2D eigenvalue weighted by atomic mass is 19.3. The van der Waals surface area contributed by atoms with Crippen molar-refractivity contribution in [3.05, 3.63) is 137 Å².